The molecule has 23 heavy (non-hydrogen) atoms. The van der Waals surface area contributed by atoms with Crippen LogP contribution < -0.4 is 10.1 Å². The SMILES string of the molecule is O=C(Cc1cccc(F)c1)Nc1ccc(OC2CCCC2)cc1. The Labute approximate surface area is 135 Å². The average Bonchev–Trinajstić information content (AvgIpc) is 3.02. The lowest BCUT2D eigenvalue weighted by molar-refractivity contribution is -0.115. The van der Waals surface area contributed by atoms with Gasteiger partial charge in [0.15, 0.2) is 0 Å². The third-order valence-corrected chi connectivity index (χ3v) is 4.00. The fourth-order valence-electron chi connectivity index (χ4n) is 2.85. The smallest absolute Gasteiger partial charge is 0.228 e. The summed E-state index contributed by atoms with van der Waals surface area (Å²) >= 11 is 0. The Bertz CT molecular complexity index is 663. The normalized spacial score (nSPS) is 14.7. The van der Waals surface area contributed by atoms with Crippen molar-refractivity contribution < 1.29 is 13.9 Å². The fourth-order valence-corrected chi connectivity index (χ4v) is 2.85. The van der Waals surface area contributed by atoms with Crippen LogP contribution in [0.25, 0.3) is 0 Å². The van der Waals surface area contributed by atoms with Crippen molar-refractivity contribution in [1.29, 1.82) is 0 Å². The van der Waals surface area contributed by atoms with Crippen LogP contribution in [0.1, 0.15) is 31.2 Å². The zero-order valence-electron chi connectivity index (χ0n) is 12.9. The lowest BCUT2D eigenvalue weighted by atomic mass is 10.1. The van der Waals surface area contributed by atoms with E-state index in [1.807, 2.05) is 24.3 Å². The number of halogens is 1. The van der Waals surface area contributed by atoms with Gasteiger partial charge in [0, 0.05) is 5.69 Å². The van der Waals surface area contributed by atoms with Crippen LogP contribution in [-0.4, -0.2) is 12.0 Å². The van der Waals surface area contributed by atoms with Crippen molar-refractivity contribution in [3.05, 3.63) is 59.9 Å². The van der Waals surface area contributed by atoms with Crippen molar-refractivity contribution in [2.24, 2.45) is 0 Å². The van der Waals surface area contributed by atoms with E-state index in [-0.39, 0.29) is 18.1 Å². The second-order valence-electron chi connectivity index (χ2n) is 5.90. The first-order valence-corrected chi connectivity index (χ1v) is 8.00. The Balaban J connectivity index is 1.54. The van der Waals surface area contributed by atoms with Crippen LogP contribution in [0, 0.1) is 5.82 Å². The zero-order valence-corrected chi connectivity index (χ0v) is 12.9. The second kappa shape index (κ2) is 7.27. The summed E-state index contributed by atoms with van der Waals surface area (Å²) in [6.45, 7) is 0. The van der Waals surface area contributed by atoms with Crippen molar-refractivity contribution in [1.82, 2.24) is 0 Å². The molecule has 0 spiro atoms. The number of hydrogen-bond acceptors (Lipinski definition) is 2. The van der Waals surface area contributed by atoms with Crippen LogP contribution in [0.15, 0.2) is 48.5 Å². The van der Waals surface area contributed by atoms with Gasteiger partial charge in [-0.2, -0.15) is 0 Å². The predicted molar refractivity (Wildman–Crippen MR) is 88.1 cm³/mol. The third kappa shape index (κ3) is 4.55. The Hall–Kier alpha value is -2.36. The zero-order chi connectivity index (χ0) is 16.1. The molecule has 1 fully saturated rings. The van der Waals surface area contributed by atoms with Crippen molar-refractivity contribution in [3.63, 3.8) is 0 Å². The molecule has 3 rings (SSSR count). The molecule has 4 heteroatoms. The maximum atomic E-state index is 13.1. The number of nitrogens with one attached hydrogen (secondary N) is 1. The molecular formula is C19H20FNO2. The maximum absolute atomic E-state index is 13.1. The van der Waals surface area contributed by atoms with Gasteiger partial charge < -0.3 is 10.1 Å². The van der Waals surface area contributed by atoms with E-state index >= 15 is 0 Å². The molecule has 0 saturated heterocycles. The summed E-state index contributed by atoms with van der Waals surface area (Å²) in [5.74, 6) is 0.337. The van der Waals surface area contributed by atoms with Crippen LogP contribution in [-0.2, 0) is 11.2 Å². The van der Waals surface area contributed by atoms with Crippen LogP contribution in [0.2, 0.25) is 0 Å². The highest BCUT2D eigenvalue weighted by Crippen LogP contribution is 2.25. The number of carbonyl (C=O) groups is 1. The standard InChI is InChI=1S/C19H20FNO2/c20-15-5-3-4-14(12-15)13-19(22)21-16-8-10-18(11-9-16)23-17-6-1-2-7-17/h3-5,8-12,17H,1-2,6-7,13H2,(H,21,22). The molecule has 0 heterocycles. The first kappa shape index (κ1) is 15.5. The molecule has 2 aromatic rings. The van der Waals surface area contributed by atoms with Gasteiger partial charge in [0.25, 0.3) is 0 Å². The number of anilines is 1. The molecule has 3 nitrogen and oxygen atoms in total. The molecule has 1 N–H and O–H groups in total. The molecule has 1 saturated carbocycles. The van der Waals surface area contributed by atoms with Crippen LogP contribution in [0.5, 0.6) is 5.75 Å². The Morgan fingerprint density at radius 3 is 2.57 bits per heavy atom. The van der Waals surface area contributed by atoms with Gasteiger partial charge >= 0.3 is 0 Å². The van der Waals surface area contributed by atoms with Gasteiger partial charge in [0.2, 0.25) is 5.91 Å². The minimum absolute atomic E-state index is 0.151. The quantitative estimate of drug-likeness (QED) is 0.892. The lowest BCUT2D eigenvalue weighted by Crippen LogP contribution is -2.14. The van der Waals surface area contributed by atoms with Crippen molar-refractivity contribution in [2.45, 2.75) is 38.2 Å². The van der Waals surface area contributed by atoms with Gasteiger partial charge in [-0.1, -0.05) is 12.1 Å². The van der Waals surface area contributed by atoms with Crippen LogP contribution in [0.3, 0.4) is 0 Å². The highest BCUT2D eigenvalue weighted by Gasteiger charge is 2.16. The predicted octanol–water partition coefficient (Wildman–Crippen LogP) is 4.33. The van der Waals surface area contributed by atoms with Crippen molar-refractivity contribution in [3.8, 4) is 5.75 Å². The maximum Gasteiger partial charge on any atom is 0.228 e. The number of carbonyl (C=O) groups excluding carboxylic acids is 1. The highest BCUT2D eigenvalue weighted by molar-refractivity contribution is 5.92. The minimum atomic E-state index is -0.330. The minimum Gasteiger partial charge on any atom is -0.490 e. The van der Waals surface area contributed by atoms with Gasteiger partial charge in [-0.05, 0) is 67.6 Å². The van der Waals surface area contributed by atoms with Gasteiger partial charge in [-0.25, -0.2) is 4.39 Å². The largest absolute Gasteiger partial charge is 0.490 e. The van der Waals surface area contributed by atoms with Crippen LogP contribution >= 0.6 is 0 Å². The summed E-state index contributed by atoms with van der Waals surface area (Å²) in [7, 11) is 0. The molecule has 0 aromatic heterocycles. The molecule has 0 bridgehead atoms. The molecular weight excluding hydrogens is 293 g/mol. The number of amides is 1. The molecule has 0 unspecified atom stereocenters. The molecule has 1 amide bonds. The summed E-state index contributed by atoms with van der Waals surface area (Å²) in [6, 6.07) is 13.5. The molecule has 0 atom stereocenters. The number of benzene rings is 2. The molecule has 120 valence electrons. The molecule has 2 aromatic carbocycles. The molecule has 0 aliphatic heterocycles. The monoisotopic (exact) mass is 313 g/mol. The number of hydrogen-bond donors (Lipinski definition) is 1. The van der Waals surface area contributed by atoms with E-state index < -0.39 is 0 Å². The van der Waals surface area contributed by atoms with E-state index in [1.165, 1.54) is 25.0 Å². The summed E-state index contributed by atoms with van der Waals surface area (Å²) in [4.78, 5) is 12.0. The lowest BCUT2D eigenvalue weighted by Gasteiger charge is -2.13. The molecule has 1 aliphatic carbocycles. The van der Waals surface area contributed by atoms with Gasteiger partial charge in [-0.3, -0.25) is 4.79 Å². The Morgan fingerprint density at radius 2 is 1.87 bits per heavy atom. The van der Waals surface area contributed by atoms with E-state index in [2.05, 4.69) is 5.32 Å². The Morgan fingerprint density at radius 1 is 1.13 bits per heavy atom. The Kier molecular flexibility index (Phi) is 4.91. The van der Waals surface area contributed by atoms with Gasteiger partial charge in [0.05, 0.1) is 12.5 Å². The fraction of sp³-hybridized carbons (Fsp3) is 0.316. The van der Waals surface area contributed by atoms with Gasteiger partial charge in [0.1, 0.15) is 11.6 Å². The summed E-state index contributed by atoms with van der Waals surface area (Å²) in [5.41, 5.74) is 1.37. The topological polar surface area (TPSA) is 38.3 Å². The van der Waals surface area contributed by atoms with E-state index in [1.54, 1.807) is 12.1 Å². The first-order chi connectivity index (χ1) is 11.2. The number of rotatable bonds is 5. The number of ether oxygens (including phenoxy) is 1. The molecule has 0 radical (unpaired) electrons. The summed E-state index contributed by atoms with van der Waals surface area (Å²) < 4.78 is 19.0. The average molecular weight is 313 g/mol. The summed E-state index contributed by atoms with van der Waals surface area (Å²) in [5, 5.41) is 2.81. The van der Waals surface area contributed by atoms with Crippen LogP contribution in [0.4, 0.5) is 10.1 Å². The van der Waals surface area contributed by atoms with E-state index in [4.69, 9.17) is 4.74 Å². The van der Waals surface area contributed by atoms with Crippen molar-refractivity contribution in [2.75, 3.05) is 5.32 Å². The highest BCUT2D eigenvalue weighted by atomic mass is 19.1. The third-order valence-electron chi connectivity index (χ3n) is 4.00. The van der Waals surface area contributed by atoms with E-state index in [0.717, 1.165) is 18.6 Å². The first-order valence-electron chi connectivity index (χ1n) is 8.00. The molecule has 1 aliphatic rings. The summed E-state index contributed by atoms with van der Waals surface area (Å²) in [6.07, 6.45) is 5.18. The van der Waals surface area contributed by atoms with E-state index in [9.17, 15) is 9.18 Å². The van der Waals surface area contributed by atoms with Crippen molar-refractivity contribution >= 4 is 11.6 Å². The second-order valence-corrected chi connectivity index (χ2v) is 5.90. The van der Waals surface area contributed by atoms with E-state index in [0.29, 0.717) is 17.4 Å². The van der Waals surface area contributed by atoms with Gasteiger partial charge in [-0.15, -0.1) is 0 Å².